The number of aliphatic hydroxyl groups excluding tert-OH is 1. The first kappa shape index (κ1) is 13.5. The molecule has 0 aliphatic rings. The topological polar surface area (TPSA) is 59.4 Å². The zero-order valence-corrected chi connectivity index (χ0v) is 9.48. The number of alkyl halides is 2. The first-order valence-corrected chi connectivity index (χ1v) is 5.09. The Morgan fingerprint density at radius 3 is 2.65 bits per heavy atom. The molecule has 1 aromatic rings. The van der Waals surface area contributed by atoms with E-state index in [4.69, 9.17) is 0 Å². The van der Waals surface area contributed by atoms with Crippen LogP contribution in [0.5, 0.6) is 0 Å². The number of aliphatic hydroxyl groups is 1. The fraction of sp³-hybridized carbons (Fsp3) is 0.455. The highest BCUT2D eigenvalue weighted by atomic mass is 19.3. The van der Waals surface area contributed by atoms with Gasteiger partial charge < -0.3 is 9.84 Å². The van der Waals surface area contributed by atoms with Crippen molar-refractivity contribution in [3.8, 4) is 0 Å². The van der Waals surface area contributed by atoms with Crippen LogP contribution in [0.2, 0.25) is 0 Å². The molecule has 1 rings (SSSR count). The second kappa shape index (κ2) is 5.18. The van der Waals surface area contributed by atoms with E-state index < -0.39 is 23.7 Å². The van der Waals surface area contributed by atoms with E-state index in [-0.39, 0.29) is 6.61 Å². The lowest BCUT2D eigenvalue weighted by atomic mass is 10.1. The number of aromatic nitrogens is 1. The van der Waals surface area contributed by atoms with E-state index in [9.17, 15) is 18.7 Å². The van der Waals surface area contributed by atoms with Gasteiger partial charge in [0.2, 0.25) is 0 Å². The lowest BCUT2D eigenvalue weighted by Crippen LogP contribution is -2.29. The summed E-state index contributed by atoms with van der Waals surface area (Å²) in [7, 11) is 0. The highest BCUT2D eigenvalue weighted by molar-refractivity contribution is 5.78. The fourth-order valence-corrected chi connectivity index (χ4v) is 1.16. The molecule has 0 saturated heterocycles. The number of carbonyl (C=O) groups is 1. The monoisotopic (exact) mass is 245 g/mol. The predicted octanol–water partition coefficient (Wildman–Crippen LogP) is 1.79. The maximum Gasteiger partial charge on any atom is 0.384 e. The molecule has 1 N–H and O–H groups in total. The number of ether oxygens (including phenoxy) is 1. The Morgan fingerprint density at radius 1 is 1.59 bits per heavy atom. The van der Waals surface area contributed by atoms with Gasteiger partial charge in [-0.15, -0.1) is 0 Å². The molecule has 1 unspecified atom stereocenters. The van der Waals surface area contributed by atoms with Gasteiger partial charge in [-0.2, -0.15) is 8.78 Å². The van der Waals surface area contributed by atoms with Crippen molar-refractivity contribution in [2.75, 3.05) is 6.61 Å². The first-order valence-electron chi connectivity index (χ1n) is 5.09. The number of nitrogens with zero attached hydrogens (tertiary/aromatic N) is 1. The zero-order chi connectivity index (χ0) is 13.1. The van der Waals surface area contributed by atoms with Crippen LogP contribution in [0.3, 0.4) is 0 Å². The standard InChI is InChI=1S/C11H13F2NO3/c1-3-17-10(16)11(12,13)9-5-4-8(6-14-9)7(2)15/h4-7,15H,3H2,1-2H3. The Labute approximate surface area is 97.2 Å². The molecule has 0 amide bonds. The molecule has 0 aliphatic carbocycles. The highest BCUT2D eigenvalue weighted by Gasteiger charge is 2.44. The van der Waals surface area contributed by atoms with Crippen LogP contribution in [-0.4, -0.2) is 22.7 Å². The minimum atomic E-state index is -3.77. The first-order chi connectivity index (χ1) is 7.89. The van der Waals surface area contributed by atoms with E-state index in [1.807, 2.05) is 0 Å². The molecule has 4 nitrogen and oxygen atoms in total. The number of carbonyl (C=O) groups excluding carboxylic acids is 1. The number of rotatable bonds is 4. The second-order valence-electron chi connectivity index (χ2n) is 3.45. The second-order valence-corrected chi connectivity index (χ2v) is 3.45. The molecular formula is C11H13F2NO3. The van der Waals surface area contributed by atoms with Crippen molar-refractivity contribution in [3.05, 3.63) is 29.6 Å². The van der Waals surface area contributed by atoms with E-state index in [1.54, 1.807) is 0 Å². The summed E-state index contributed by atoms with van der Waals surface area (Å²) in [5, 5.41) is 9.19. The Balaban J connectivity index is 2.95. The lowest BCUT2D eigenvalue weighted by Gasteiger charge is -2.14. The van der Waals surface area contributed by atoms with Gasteiger partial charge >= 0.3 is 11.9 Å². The van der Waals surface area contributed by atoms with Crippen molar-refractivity contribution in [2.45, 2.75) is 25.9 Å². The molecule has 0 fully saturated rings. The van der Waals surface area contributed by atoms with Crippen LogP contribution in [0.1, 0.15) is 31.2 Å². The van der Waals surface area contributed by atoms with Crippen molar-refractivity contribution >= 4 is 5.97 Å². The maximum atomic E-state index is 13.5. The molecule has 1 atom stereocenters. The number of esters is 1. The van der Waals surface area contributed by atoms with Gasteiger partial charge in [0.05, 0.1) is 12.7 Å². The molecule has 0 aliphatic heterocycles. The van der Waals surface area contributed by atoms with Crippen LogP contribution < -0.4 is 0 Å². The average molecular weight is 245 g/mol. The Kier molecular flexibility index (Phi) is 4.11. The average Bonchev–Trinajstić information content (AvgIpc) is 2.29. The molecule has 0 radical (unpaired) electrons. The van der Waals surface area contributed by atoms with Crippen molar-refractivity contribution in [1.29, 1.82) is 0 Å². The highest BCUT2D eigenvalue weighted by Crippen LogP contribution is 2.28. The maximum absolute atomic E-state index is 13.5. The summed E-state index contributed by atoms with van der Waals surface area (Å²) in [4.78, 5) is 14.5. The van der Waals surface area contributed by atoms with Crippen molar-refractivity contribution in [2.24, 2.45) is 0 Å². The smallest absolute Gasteiger partial charge is 0.384 e. The summed E-state index contributed by atoms with van der Waals surface area (Å²) >= 11 is 0. The molecular weight excluding hydrogens is 232 g/mol. The van der Waals surface area contributed by atoms with E-state index in [0.29, 0.717) is 5.56 Å². The van der Waals surface area contributed by atoms with Crippen molar-refractivity contribution in [3.63, 3.8) is 0 Å². The fourth-order valence-electron chi connectivity index (χ4n) is 1.16. The van der Waals surface area contributed by atoms with Gasteiger partial charge in [-0.25, -0.2) is 4.79 Å². The minimum Gasteiger partial charge on any atom is -0.461 e. The molecule has 0 saturated carbocycles. The molecule has 0 aromatic carbocycles. The van der Waals surface area contributed by atoms with Crippen LogP contribution in [0.25, 0.3) is 0 Å². The molecule has 1 aromatic heterocycles. The Hall–Kier alpha value is -1.56. The summed E-state index contributed by atoms with van der Waals surface area (Å²) in [6, 6.07) is 2.29. The summed E-state index contributed by atoms with van der Waals surface area (Å²) in [5.41, 5.74) is -0.297. The van der Waals surface area contributed by atoms with Crippen molar-refractivity contribution in [1.82, 2.24) is 4.98 Å². The van der Waals surface area contributed by atoms with E-state index >= 15 is 0 Å². The van der Waals surface area contributed by atoms with Gasteiger partial charge in [-0.05, 0) is 25.5 Å². The quantitative estimate of drug-likeness (QED) is 0.821. The van der Waals surface area contributed by atoms with Crippen LogP contribution >= 0.6 is 0 Å². The third kappa shape index (κ3) is 2.97. The van der Waals surface area contributed by atoms with Gasteiger partial charge in [-0.3, -0.25) is 4.98 Å². The summed E-state index contributed by atoms with van der Waals surface area (Å²) in [5.74, 6) is -5.40. The number of hydrogen-bond donors (Lipinski definition) is 1. The van der Waals surface area contributed by atoms with Crippen molar-refractivity contribution < 1.29 is 23.4 Å². The molecule has 0 spiro atoms. The number of halogens is 2. The van der Waals surface area contributed by atoms with Crippen LogP contribution in [0, 0.1) is 0 Å². The van der Waals surface area contributed by atoms with Gasteiger partial charge in [0, 0.05) is 6.20 Å². The molecule has 94 valence electrons. The van der Waals surface area contributed by atoms with Gasteiger partial charge in [0.15, 0.2) is 0 Å². The van der Waals surface area contributed by atoms with Gasteiger partial charge in [-0.1, -0.05) is 6.07 Å². The van der Waals surface area contributed by atoms with E-state index in [0.717, 1.165) is 12.3 Å². The number of pyridine rings is 1. The normalized spacial score (nSPS) is 13.2. The summed E-state index contributed by atoms with van der Waals surface area (Å²) in [6.07, 6.45) is 0.306. The largest absolute Gasteiger partial charge is 0.461 e. The van der Waals surface area contributed by atoms with Gasteiger partial charge in [0.25, 0.3) is 0 Å². The van der Waals surface area contributed by atoms with Crippen LogP contribution in [0.4, 0.5) is 8.78 Å². The summed E-state index contributed by atoms with van der Waals surface area (Å²) < 4.78 is 31.2. The van der Waals surface area contributed by atoms with E-state index in [2.05, 4.69) is 9.72 Å². The van der Waals surface area contributed by atoms with Crippen LogP contribution in [0.15, 0.2) is 18.3 Å². The zero-order valence-electron chi connectivity index (χ0n) is 9.48. The molecule has 6 heteroatoms. The third-order valence-corrected chi connectivity index (χ3v) is 2.12. The van der Waals surface area contributed by atoms with Gasteiger partial charge in [0.1, 0.15) is 5.69 Å². The number of hydrogen-bond acceptors (Lipinski definition) is 4. The Bertz CT molecular complexity index is 390. The Morgan fingerprint density at radius 2 is 2.24 bits per heavy atom. The molecule has 1 heterocycles. The SMILES string of the molecule is CCOC(=O)C(F)(F)c1ccc(C(C)O)cn1. The van der Waals surface area contributed by atoms with E-state index in [1.165, 1.54) is 19.9 Å². The minimum absolute atomic E-state index is 0.125. The third-order valence-electron chi connectivity index (χ3n) is 2.12. The predicted molar refractivity (Wildman–Crippen MR) is 55.4 cm³/mol. The molecule has 17 heavy (non-hydrogen) atoms. The summed E-state index contributed by atoms with van der Waals surface area (Å²) in [6.45, 7) is 2.80. The lowest BCUT2D eigenvalue weighted by molar-refractivity contribution is -0.173. The van der Waals surface area contributed by atoms with Crippen LogP contribution in [-0.2, 0) is 15.5 Å². The molecule has 0 bridgehead atoms.